The summed E-state index contributed by atoms with van der Waals surface area (Å²) in [6.45, 7) is 1.85. The lowest BCUT2D eigenvalue weighted by Crippen LogP contribution is -2.26. The van der Waals surface area contributed by atoms with Crippen LogP contribution in [-0.2, 0) is 7.05 Å². The Balaban J connectivity index is 1.48. The van der Waals surface area contributed by atoms with Gasteiger partial charge in [0.15, 0.2) is 5.65 Å². The number of halogens is 1. The van der Waals surface area contributed by atoms with Gasteiger partial charge in [0.25, 0.3) is 0 Å². The van der Waals surface area contributed by atoms with Crippen LogP contribution in [0.1, 0.15) is 6.42 Å². The third-order valence-corrected chi connectivity index (χ3v) is 4.52. The summed E-state index contributed by atoms with van der Waals surface area (Å²) < 4.78 is 1.91. The summed E-state index contributed by atoms with van der Waals surface area (Å²) in [7, 11) is 1.93. The molecule has 0 amide bonds. The smallest absolute Gasteiger partial charge is 0.225 e. The Kier molecular flexibility index (Phi) is 3.53. The standard InChI is InChI=1S/C16H17ClN6/c1-22-10-19-15-14(22)8-18-16(21-15)20-11-6-7-23(9-11)13-5-3-2-4-12(13)17/h2-5,8,10-11H,6-7,9H2,1H3,(H,18,20,21). The number of hydrogen-bond donors (Lipinski definition) is 1. The van der Waals surface area contributed by atoms with Crippen molar-refractivity contribution in [1.82, 2.24) is 19.5 Å². The molecule has 1 aliphatic rings. The number of anilines is 2. The average molecular weight is 329 g/mol. The molecule has 1 fully saturated rings. The van der Waals surface area contributed by atoms with Crippen LogP contribution < -0.4 is 10.2 Å². The summed E-state index contributed by atoms with van der Waals surface area (Å²) in [6, 6.07) is 8.25. The van der Waals surface area contributed by atoms with Crippen LogP contribution >= 0.6 is 11.6 Å². The number of rotatable bonds is 3. The molecule has 1 unspecified atom stereocenters. The molecule has 0 bridgehead atoms. The van der Waals surface area contributed by atoms with Crippen LogP contribution in [0.2, 0.25) is 5.02 Å². The largest absolute Gasteiger partial charge is 0.368 e. The van der Waals surface area contributed by atoms with Crippen molar-refractivity contribution in [3.05, 3.63) is 41.8 Å². The Morgan fingerprint density at radius 3 is 3.00 bits per heavy atom. The average Bonchev–Trinajstić information content (AvgIpc) is 3.15. The topological polar surface area (TPSA) is 58.9 Å². The Morgan fingerprint density at radius 1 is 1.26 bits per heavy atom. The van der Waals surface area contributed by atoms with Crippen molar-refractivity contribution in [2.75, 3.05) is 23.3 Å². The first-order chi connectivity index (χ1) is 11.2. The molecule has 3 aromatic rings. The highest BCUT2D eigenvalue weighted by Gasteiger charge is 2.24. The fraction of sp³-hybridized carbons (Fsp3) is 0.312. The monoisotopic (exact) mass is 328 g/mol. The van der Waals surface area contributed by atoms with E-state index in [1.54, 1.807) is 12.5 Å². The third-order valence-electron chi connectivity index (χ3n) is 4.20. The Morgan fingerprint density at radius 2 is 2.13 bits per heavy atom. The minimum absolute atomic E-state index is 0.299. The molecule has 6 nitrogen and oxygen atoms in total. The van der Waals surface area contributed by atoms with Gasteiger partial charge in [-0.2, -0.15) is 4.98 Å². The second kappa shape index (κ2) is 5.70. The SMILES string of the molecule is Cn1cnc2nc(NC3CCN(c4ccccc4Cl)C3)ncc21. The van der Waals surface area contributed by atoms with Gasteiger partial charge in [-0.1, -0.05) is 23.7 Å². The molecule has 4 rings (SSSR count). The molecule has 3 heterocycles. The number of nitrogens with zero attached hydrogens (tertiary/aromatic N) is 5. The number of fused-ring (bicyclic) bond motifs is 1. The van der Waals surface area contributed by atoms with Gasteiger partial charge in [-0.05, 0) is 18.6 Å². The predicted molar refractivity (Wildman–Crippen MR) is 92.0 cm³/mol. The number of benzene rings is 1. The van der Waals surface area contributed by atoms with Crippen molar-refractivity contribution in [2.24, 2.45) is 7.05 Å². The summed E-state index contributed by atoms with van der Waals surface area (Å²) in [5, 5.41) is 4.20. The molecule has 1 atom stereocenters. The second-order valence-electron chi connectivity index (χ2n) is 5.79. The zero-order valence-electron chi connectivity index (χ0n) is 12.8. The lowest BCUT2D eigenvalue weighted by Gasteiger charge is -2.20. The van der Waals surface area contributed by atoms with Gasteiger partial charge in [-0.3, -0.25) is 0 Å². The van der Waals surface area contributed by atoms with Crippen molar-refractivity contribution in [3.8, 4) is 0 Å². The third kappa shape index (κ3) is 2.70. The highest BCUT2D eigenvalue weighted by atomic mass is 35.5. The van der Waals surface area contributed by atoms with Crippen molar-refractivity contribution in [1.29, 1.82) is 0 Å². The number of hydrogen-bond acceptors (Lipinski definition) is 5. The van der Waals surface area contributed by atoms with E-state index >= 15 is 0 Å². The van der Waals surface area contributed by atoms with Crippen LogP contribution in [0.5, 0.6) is 0 Å². The summed E-state index contributed by atoms with van der Waals surface area (Å²) in [5.74, 6) is 0.627. The minimum atomic E-state index is 0.299. The van der Waals surface area contributed by atoms with Crippen LogP contribution in [0.25, 0.3) is 11.2 Å². The van der Waals surface area contributed by atoms with Gasteiger partial charge in [0.1, 0.15) is 5.52 Å². The molecule has 0 radical (unpaired) electrons. The molecular formula is C16H17ClN6. The minimum Gasteiger partial charge on any atom is -0.368 e. The summed E-state index contributed by atoms with van der Waals surface area (Å²) >= 11 is 6.28. The van der Waals surface area contributed by atoms with Gasteiger partial charge in [0.2, 0.25) is 5.95 Å². The number of imidazole rings is 1. The number of aryl methyl sites for hydroxylation is 1. The zero-order valence-corrected chi connectivity index (χ0v) is 13.5. The summed E-state index contributed by atoms with van der Waals surface area (Å²) in [6.07, 6.45) is 4.57. The van der Waals surface area contributed by atoms with E-state index in [9.17, 15) is 0 Å². The molecule has 23 heavy (non-hydrogen) atoms. The van der Waals surface area contributed by atoms with E-state index in [4.69, 9.17) is 11.6 Å². The highest BCUT2D eigenvalue weighted by molar-refractivity contribution is 6.33. The van der Waals surface area contributed by atoms with Gasteiger partial charge in [-0.15, -0.1) is 0 Å². The summed E-state index contributed by atoms with van der Waals surface area (Å²) in [4.78, 5) is 15.4. The van der Waals surface area contributed by atoms with Crippen molar-refractivity contribution >= 4 is 34.4 Å². The second-order valence-corrected chi connectivity index (χ2v) is 6.19. The maximum Gasteiger partial charge on any atom is 0.225 e. The Hall–Kier alpha value is -2.34. The zero-order chi connectivity index (χ0) is 15.8. The van der Waals surface area contributed by atoms with Crippen LogP contribution in [0.4, 0.5) is 11.6 Å². The molecule has 118 valence electrons. The van der Waals surface area contributed by atoms with Gasteiger partial charge >= 0.3 is 0 Å². The van der Waals surface area contributed by atoms with Crippen molar-refractivity contribution in [3.63, 3.8) is 0 Å². The lowest BCUT2D eigenvalue weighted by atomic mass is 10.3. The number of nitrogens with one attached hydrogen (secondary N) is 1. The molecule has 1 saturated heterocycles. The normalized spacial score (nSPS) is 17.8. The van der Waals surface area contributed by atoms with Gasteiger partial charge in [0.05, 0.1) is 23.2 Å². The maximum atomic E-state index is 6.28. The highest BCUT2D eigenvalue weighted by Crippen LogP contribution is 2.28. The van der Waals surface area contributed by atoms with E-state index in [1.165, 1.54) is 0 Å². The number of para-hydroxylation sites is 1. The van der Waals surface area contributed by atoms with E-state index in [1.807, 2.05) is 29.8 Å². The first-order valence-corrected chi connectivity index (χ1v) is 7.98. The summed E-state index contributed by atoms with van der Waals surface area (Å²) in [5.41, 5.74) is 2.73. The van der Waals surface area contributed by atoms with Crippen LogP contribution in [0.3, 0.4) is 0 Å². The van der Waals surface area contributed by atoms with Crippen molar-refractivity contribution < 1.29 is 0 Å². The van der Waals surface area contributed by atoms with Crippen LogP contribution in [-0.4, -0.2) is 38.7 Å². The first-order valence-electron chi connectivity index (χ1n) is 7.61. The van der Waals surface area contributed by atoms with Gasteiger partial charge in [0, 0.05) is 26.2 Å². The molecule has 0 spiro atoms. The van der Waals surface area contributed by atoms with E-state index in [2.05, 4.69) is 31.2 Å². The number of aromatic nitrogens is 4. The molecule has 1 aromatic carbocycles. The van der Waals surface area contributed by atoms with E-state index in [-0.39, 0.29) is 0 Å². The lowest BCUT2D eigenvalue weighted by molar-refractivity contribution is 0.793. The molecule has 0 saturated carbocycles. The van der Waals surface area contributed by atoms with E-state index < -0.39 is 0 Å². The molecule has 1 aliphatic heterocycles. The first kappa shape index (κ1) is 14.3. The fourth-order valence-corrected chi connectivity index (χ4v) is 3.23. The molecule has 0 aliphatic carbocycles. The molecular weight excluding hydrogens is 312 g/mol. The predicted octanol–water partition coefficient (Wildman–Crippen LogP) is 2.71. The molecule has 1 N–H and O–H groups in total. The van der Waals surface area contributed by atoms with Gasteiger partial charge < -0.3 is 14.8 Å². The van der Waals surface area contributed by atoms with Crippen molar-refractivity contribution in [2.45, 2.75) is 12.5 Å². The van der Waals surface area contributed by atoms with E-state index in [0.29, 0.717) is 17.6 Å². The Bertz CT molecular complexity index is 845. The van der Waals surface area contributed by atoms with Crippen LogP contribution in [0, 0.1) is 0 Å². The van der Waals surface area contributed by atoms with Gasteiger partial charge in [-0.25, -0.2) is 9.97 Å². The van der Waals surface area contributed by atoms with Crippen LogP contribution in [0.15, 0.2) is 36.8 Å². The Labute approximate surface area is 139 Å². The fourth-order valence-electron chi connectivity index (χ4n) is 2.97. The quantitative estimate of drug-likeness (QED) is 0.801. The molecule has 7 heteroatoms. The maximum absolute atomic E-state index is 6.28. The molecule has 2 aromatic heterocycles. The van der Waals surface area contributed by atoms with E-state index in [0.717, 1.165) is 35.7 Å².